The van der Waals surface area contributed by atoms with E-state index in [9.17, 15) is 9.59 Å². The van der Waals surface area contributed by atoms with Gasteiger partial charge < -0.3 is 18.9 Å². The summed E-state index contributed by atoms with van der Waals surface area (Å²) in [6.45, 7) is 0.909. The van der Waals surface area contributed by atoms with Crippen LogP contribution in [0.2, 0.25) is 0 Å². The Morgan fingerprint density at radius 3 is 1.33 bits per heavy atom. The molecule has 8 heteroatoms. The molecule has 0 aromatic heterocycles. The van der Waals surface area contributed by atoms with E-state index in [-0.39, 0.29) is 51.2 Å². The molecule has 222 valence electrons. The fraction of sp³-hybridized carbons (Fsp3) is 0.257. The van der Waals surface area contributed by atoms with E-state index in [2.05, 4.69) is 98.1 Å². The Morgan fingerprint density at radius 1 is 0.535 bits per heavy atom. The van der Waals surface area contributed by atoms with Crippen molar-refractivity contribution in [3.8, 4) is 22.6 Å². The summed E-state index contributed by atoms with van der Waals surface area (Å²) in [5.74, 6) is 1.75. The molecule has 1 aliphatic carbocycles. The van der Waals surface area contributed by atoms with Crippen LogP contribution in [-0.4, -0.2) is 49.9 Å². The maximum absolute atomic E-state index is 11.6. The molecule has 1 aliphatic rings. The first kappa shape index (κ1) is 30.6. The SMILES string of the molecule is O=C(CCS)OCCOc1ccc(C2(c3ccc(OCCOC(=O)CCS)cc3)c3ccccc3-c3ccccc32)cc1. The summed E-state index contributed by atoms with van der Waals surface area (Å²) in [4.78, 5) is 23.2. The van der Waals surface area contributed by atoms with Crippen molar-refractivity contribution in [3.05, 3.63) is 119 Å². The molecule has 0 fully saturated rings. The predicted molar refractivity (Wildman–Crippen MR) is 174 cm³/mol. The summed E-state index contributed by atoms with van der Waals surface area (Å²) in [6.07, 6.45) is 0.560. The second kappa shape index (κ2) is 14.5. The lowest BCUT2D eigenvalue weighted by Gasteiger charge is -2.34. The third kappa shape index (κ3) is 6.71. The van der Waals surface area contributed by atoms with E-state index < -0.39 is 5.41 Å². The Hall–Kier alpha value is -3.88. The largest absolute Gasteiger partial charge is 0.490 e. The van der Waals surface area contributed by atoms with Crippen LogP contribution in [0.15, 0.2) is 97.1 Å². The van der Waals surface area contributed by atoms with Gasteiger partial charge in [0.2, 0.25) is 0 Å². The van der Waals surface area contributed by atoms with Crippen molar-refractivity contribution in [3.63, 3.8) is 0 Å². The quantitative estimate of drug-likeness (QED) is 0.0842. The first-order valence-electron chi connectivity index (χ1n) is 14.3. The lowest BCUT2D eigenvalue weighted by molar-refractivity contribution is -0.144. The molecule has 0 aliphatic heterocycles. The molecular formula is C35H34O6S2. The van der Waals surface area contributed by atoms with Gasteiger partial charge in [-0.15, -0.1) is 0 Å². The summed E-state index contributed by atoms with van der Waals surface area (Å²) >= 11 is 8.11. The van der Waals surface area contributed by atoms with Crippen LogP contribution in [0.5, 0.6) is 11.5 Å². The highest BCUT2D eigenvalue weighted by molar-refractivity contribution is 7.80. The van der Waals surface area contributed by atoms with Crippen LogP contribution in [0.3, 0.4) is 0 Å². The number of carbonyl (C=O) groups is 2. The highest BCUT2D eigenvalue weighted by Crippen LogP contribution is 2.56. The number of thiol groups is 2. The number of hydrogen-bond donors (Lipinski definition) is 2. The molecular weight excluding hydrogens is 581 g/mol. The summed E-state index contributed by atoms with van der Waals surface area (Å²) in [5.41, 5.74) is 6.44. The molecule has 0 radical (unpaired) electrons. The molecule has 0 heterocycles. The molecule has 0 spiro atoms. The van der Waals surface area contributed by atoms with Crippen molar-refractivity contribution >= 4 is 37.2 Å². The maximum Gasteiger partial charge on any atom is 0.306 e. The predicted octanol–water partition coefficient (Wildman–Crippen LogP) is 6.53. The second-order valence-corrected chi connectivity index (χ2v) is 10.9. The summed E-state index contributed by atoms with van der Waals surface area (Å²) in [5, 5.41) is 0. The molecule has 0 atom stereocenters. The smallest absolute Gasteiger partial charge is 0.306 e. The minimum absolute atomic E-state index is 0.186. The number of benzene rings is 4. The van der Waals surface area contributed by atoms with E-state index >= 15 is 0 Å². The lowest BCUT2D eigenvalue weighted by atomic mass is 9.68. The number of hydrogen-bond acceptors (Lipinski definition) is 8. The molecule has 6 nitrogen and oxygen atoms in total. The molecule has 0 N–H and O–H groups in total. The topological polar surface area (TPSA) is 71.1 Å². The maximum atomic E-state index is 11.6. The zero-order valence-corrected chi connectivity index (χ0v) is 25.5. The molecule has 4 aromatic carbocycles. The van der Waals surface area contributed by atoms with Crippen LogP contribution in [0, 0.1) is 0 Å². The number of carbonyl (C=O) groups excluding carboxylic acids is 2. The molecule has 43 heavy (non-hydrogen) atoms. The van der Waals surface area contributed by atoms with E-state index in [4.69, 9.17) is 18.9 Å². The van der Waals surface area contributed by atoms with Crippen LogP contribution < -0.4 is 9.47 Å². The molecule has 0 bridgehead atoms. The molecule has 5 rings (SSSR count). The molecule has 0 saturated carbocycles. The van der Waals surface area contributed by atoms with Gasteiger partial charge >= 0.3 is 11.9 Å². The Morgan fingerprint density at radius 2 is 0.930 bits per heavy atom. The van der Waals surface area contributed by atoms with Crippen LogP contribution in [0.25, 0.3) is 11.1 Å². The minimum Gasteiger partial charge on any atom is -0.490 e. The normalized spacial score (nSPS) is 12.6. The average Bonchev–Trinajstić information content (AvgIpc) is 3.34. The Kier molecular flexibility index (Phi) is 10.3. The van der Waals surface area contributed by atoms with Crippen molar-refractivity contribution in [2.45, 2.75) is 18.3 Å². The third-order valence-corrected chi connectivity index (χ3v) is 7.84. The zero-order chi connectivity index (χ0) is 30.1. The molecule has 0 saturated heterocycles. The van der Waals surface area contributed by atoms with Gasteiger partial charge in [0.05, 0.1) is 18.3 Å². The molecule has 0 unspecified atom stereocenters. The minimum atomic E-state index is -0.560. The number of rotatable bonds is 14. The van der Waals surface area contributed by atoms with Gasteiger partial charge in [0.1, 0.15) is 37.9 Å². The van der Waals surface area contributed by atoms with Gasteiger partial charge in [-0.2, -0.15) is 25.3 Å². The summed E-state index contributed by atoms with van der Waals surface area (Å²) < 4.78 is 22.1. The fourth-order valence-corrected chi connectivity index (χ4v) is 5.95. The molecule has 0 amide bonds. The second-order valence-electron chi connectivity index (χ2n) is 9.97. The van der Waals surface area contributed by atoms with Gasteiger partial charge in [0, 0.05) is 11.5 Å². The van der Waals surface area contributed by atoms with Crippen molar-refractivity contribution in [2.75, 3.05) is 37.9 Å². The van der Waals surface area contributed by atoms with E-state index in [0.29, 0.717) is 23.0 Å². The van der Waals surface area contributed by atoms with Crippen molar-refractivity contribution in [1.82, 2.24) is 0 Å². The standard InChI is InChI=1S/C35H34O6S2/c36-33(17-23-42)40-21-19-38-27-13-9-25(10-14-27)35(31-7-3-1-5-29(31)30-6-2-4-8-32(30)35)26-11-15-28(16-12-26)39-20-22-41-34(37)18-24-43/h1-16,42-43H,17-24H2. The van der Waals surface area contributed by atoms with Gasteiger partial charge in [-0.25, -0.2) is 0 Å². The average molecular weight is 615 g/mol. The van der Waals surface area contributed by atoms with E-state index in [1.807, 2.05) is 24.3 Å². The van der Waals surface area contributed by atoms with Gasteiger partial charge in [-0.1, -0.05) is 72.8 Å². The zero-order valence-electron chi connectivity index (χ0n) is 23.7. The monoisotopic (exact) mass is 614 g/mol. The van der Waals surface area contributed by atoms with Crippen molar-refractivity contribution in [1.29, 1.82) is 0 Å². The lowest BCUT2D eigenvalue weighted by Crippen LogP contribution is -2.28. The van der Waals surface area contributed by atoms with Crippen LogP contribution >= 0.6 is 25.3 Å². The number of fused-ring (bicyclic) bond motifs is 3. The Labute approximate surface area is 263 Å². The highest BCUT2D eigenvalue weighted by Gasteiger charge is 2.45. The van der Waals surface area contributed by atoms with Crippen molar-refractivity contribution < 1.29 is 28.5 Å². The summed E-state index contributed by atoms with van der Waals surface area (Å²) in [6, 6.07) is 33.3. The van der Waals surface area contributed by atoms with Gasteiger partial charge in [0.15, 0.2) is 0 Å². The summed E-state index contributed by atoms with van der Waals surface area (Å²) in [7, 11) is 0. The Bertz CT molecular complexity index is 1420. The first-order valence-corrected chi connectivity index (χ1v) is 15.5. The third-order valence-electron chi connectivity index (χ3n) is 7.39. The van der Waals surface area contributed by atoms with Gasteiger partial charge in [-0.3, -0.25) is 9.59 Å². The number of ether oxygens (including phenoxy) is 4. The number of esters is 2. The van der Waals surface area contributed by atoms with Crippen LogP contribution in [0.4, 0.5) is 0 Å². The Balaban J connectivity index is 1.42. The highest BCUT2D eigenvalue weighted by atomic mass is 32.1. The van der Waals surface area contributed by atoms with Gasteiger partial charge in [0.25, 0.3) is 0 Å². The van der Waals surface area contributed by atoms with Crippen LogP contribution in [-0.2, 0) is 24.5 Å². The first-order chi connectivity index (χ1) is 21.1. The van der Waals surface area contributed by atoms with E-state index in [1.54, 1.807) is 0 Å². The fourth-order valence-electron chi connectivity index (χ4n) is 5.58. The van der Waals surface area contributed by atoms with Gasteiger partial charge in [-0.05, 0) is 57.6 Å². The van der Waals surface area contributed by atoms with Crippen LogP contribution in [0.1, 0.15) is 35.1 Å². The van der Waals surface area contributed by atoms with E-state index in [1.165, 1.54) is 22.3 Å². The van der Waals surface area contributed by atoms with E-state index in [0.717, 1.165) is 11.1 Å². The molecule has 4 aromatic rings. The van der Waals surface area contributed by atoms with Crippen molar-refractivity contribution in [2.24, 2.45) is 0 Å².